The van der Waals surface area contributed by atoms with Crippen LogP contribution < -0.4 is 21.3 Å². The van der Waals surface area contributed by atoms with Crippen LogP contribution in [0.15, 0.2) is 42.9 Å². The minimum absolute atomic E-state index is 0.0630. The third-order valence-electron chi connectivity index (χ3n) is 12.0. The molecule has 13 nitrogen and oxygen atoms in total. The van der Waals surface area contributed by atoms with Crippen LogP contribution in [0.2, 0.25) is 0 Å². The summed E-state index contributed by atoms with van der Waals surface area (Å²) in [5.41, 5.74) is -0.472. The molecule has 0 saturated heterocycles. The van der Waals surface area contributed by atoms with Gasteiger partial charge in [-0.25, -0.2) is 14.6 Å². The molecule has 0 spiro atoms. The zero-order chi connectivity index (χ0) is 38.7. The van der Waals surface area contributed by atoms with E-state index in [1.165, 1.54) is 7.11 Å². The molecule has 294 valence electrons. The smallest absolute Gasteiger partial charge is 0.408 e. The molecule has 5 fully saturated rings. The number of imidazole rings is 1. The third-order valence-corrected chi connectivity index (χ3v) is 12.0. The Labute approximate surface area is 318 Å². The van der Waals surface area contributed by atoms with Crippen molar-refractivity contribution in [1.82, 2.24) is 30.8 Å². The first-order valence-corrected chi connectivity index (χ1v) is 19.7. The molecule has 5 atom stereocenters. The summed E-state index contributed by atoms with van der Waals surface area (Å²) in [6, 6.07) is 6.83. The Kier molecular flexibility index (Phi) is 11.7. The summed E-state index contributed by atoms with van der Waals surface area (Å²) in [5, 5.41) is 12.4. The summed E-state index contributed by atoms with van der Waals surface area (Å²) in [4.78, 5) is 73.2. The number of methoxy groups -OCH3 is 1. The predicted octanol–water partition coefficient (Wildman–Crippen LogP) is 4.28. The number of carbonyl (C=O) groups excluding carboxylic acids is 5. The fourth-order valence-electron chi connectivity index (χ4n) is 10.1. The highest BCUT2D eigenvalue weighted by Gasteiger charge is 2.61. The number of ether oxygens (including phenoxy) is 2. The Morgan fingerprint density at radius 3 is 2.19 bits per heavy atom. The van der Waals surface area contributed by atoms with Crippen molar-refractivity contribution in [3.8, 4) is 0 Å². The molecule has 5 aliphatic carbocycles. The fourth-order valence-corrected chi connectivity index (χ4v) is 10.1. The minimum atomic E-state index is -0.925. The molecule has 2 unspecified atom stereocenters. The van der Waals surface area contributed by atoms with Gasteiger partial charge in [0.15, 0.2) is 0 Å². The largest absolute Gasteiger partial charge is 0.467 e. The number of amides is 4. The van der Waals surface area contributed by atoms with E-state index in [0.29, 0.717) is 19.3 Å². The van der Waals surface area contributed by atoms with Crippen LogP contribution in [-0.4, -0.2) is 75.7 Å². The van der Waals surface area contributed by atoms with Gasteiger partial charge in [-0.2, -0.15) is 0 Å². The second-order valence-corrected chi connectivity index (χ2v) is 17.5. The van der Waals surface area contributed by atoms with Crippen molar-refractivity contribution in [2.24, 2.45) is 30.2 Å². The zero-order valence-electron chi connectivity index (χ0n) is 32.5. The molecule has 4 N–H and O–H groups in total. The number of nitrogens with one attached hydrogen (secondary N) is 4. The van der Waals surface area contributed by atoms with Gasteiger partial charge in [0.1, 0.15) is 23.7 Å². The fraction of sp³-hybridized carbons (Fsp3) is 0.659. The number of aryl methyl sites for hydroxylation is 1. The average molecular weight is 747 g/mol. The third kappa shape index (κ3) is 9.26. The number of esters is 1. The minimum Gasteiger partial charge on any atom is -0.467 e. The van der Waals surface area contributed by atoms with Crippen molar-refractivity contribution in [2.45, 2.75) is 134 Å². The maximum atomic E-state index is 14.7. The van der Waals surface area contributed by atoms with Crippen LogP contribution in [0.3, 0.4) is 0 Å². The lowest BCUT2D eigenvalue weighted by atomic mass is 9.46. The van der Waals surface area contributed by atoms with Gasteiger partial charge in [-0.05, 0) is 95.5 Å². The van der Waals surface area contributed by atoms with Crippen LogP contribution >= 0.6 is 0 Å². The lowest BCUT2D eigenvalue weighted by molar-refractivity contribution is -0.156. The van der Waals surface area contributed by atoms with Gasteiger partial charge < -0.3 is 35.3 Å². The summed E-state index contributed by atoms with van der Waals surface area (Å²) in [6.07, 6.45) is 12.1. The van der Waals surface area contributed by atoms with Crippen LogP contribution in [0, 0.1) is 23.2 Å². The number of carbonyl (C=O) groups is 5. The number of aromatic nitrogens is 2. The van der Waals surface area contributed by atoms with E-state index >= 15 is 0 Å². The predicted molar refractivity (Wildman–Crippen MR) is 201 cm³/mol. The Morgan fingerprint density at radius 2 is 1.57 bits per heavy atom. The van der Waals surface area contributed by atoms with Crippen molar-refractivity contribution in [3.05, 3.63) is 54.1 Å². The van der Waals surface area contributed by atoms with Gasteiger partial charge >= 0.3 is 12.1 Å². The standard InChI is InChI=1S/C41H58N6O7/c1-39(2,3)54-38(52)44-31(18-30-23-42-25-47(30)4)34(48)46-41-21-27-16-28(22-41)20-40(19-27,24-41)37(51)45-33(29-14-10-7-11-15-29)35(49)43-32(36(50)53-5)17-26-12-8-6-9-13-26/h6,8-9,12-13,23,25,27-29,31-33H,7,10-11,14-22,24H2,1-5H3,(H,43,49)(H,44,52)(H,45,51)(H,46,48)/t27?,28?,31-,32-,33-,40?,41?/m1/s1. The van der Waals surface area contributed by atoms with Crippen LogP contribution in [0.1, 0.15) is 103 Å². The molecule has 2 aromatic rings. The van der Waals surface area contributed by atoms with E-state index in [0.717, 1.165) is 62.6 Å². The molecule has 5 aliphatic rings. The van der Waals surface area contributed by atoms with Crippen LogP contribution in [0.25, 0.3) is 0 Å². The molecular weight excluding hydrogens is 688 g/mol. The van der Waals surface area contributed by atoms with E-state index in [-0.39, 0.29) is 48.3 Å². The molecule has 1 heterocycles. The van der Waals surface area contributed by atoms with E-state index < -0.39 is 46.7 Å². The van der Waals surface area contributed by atoms with Gasteiger partial charge in [0.05, 0.1) is 18.9 Å². The highest BCUT2D eigenvalue weighted by Crippen LogP contribution is 2.61. The van der Waals surface area contributed by atoms with Gasteiger partial charge in [0.25, 0.3) is 0 Å². The van der Waals surface area contributed by atoms with Crippen molar-refractivity contribution >= 4 is 29.8 Å². The topological polar surface area (TPSA) is 170 Å². The zero-order valence-corrected chi connectivity index (χ0v) is 32.5. The summed E-state index contributed by atoms with van der Waals surface area (Å²) in [7, 11) is 3.15. The summed E-state index contributed by atoms with van der Waals surface area (Å²) in [5.74, 6) is -0.982. The number of alkyl carbamates (subject to hydrolysis) is 1. The van der Waals surface area contributed by atoms with Crippen molar-refractivity contribution < 1.29 is 33.4 Å². The molecule has 0 radical (unpaired) electrons. The molecule has 7 rings (SSSR count). The number of rotatable bonds is 13. The van der Waals surface area contributed by atoms with E-state index in [2.05, 4.69) is 26.3 Å². The maximum Gasteiger partial charge on any atom is 0.408 e. The normalized spacial score (nSPS) is 26.5. The number of hydrogen-bond acceptors (Lipinski definition) is 8. The quantitative estimate of drug-likeness (QED) is 0.220. The molecule has 1 aromatic carbocycles. The number of benzene rings is 1. The van der Waals surface area contributed by atoms with E-state index in [4.69, 9.17) is 9.47 Å². The maximum absolute atomic E-state index is 14.7. The Bertz CT molecular complexity index is 1670. The monoisotopic (exact) mass is 746 g/mol. The average Bonchev–Trinajstić information content (AvgIpc) is 3.52. The Balaban J connectivity index is 1.21. The SMILES string of the molecule is COC(=O)[C@@H](Cc1ccccc1)NC(=O)[C@H](NC(=O)C12CC3CC(CC(NC(=O)[C@@H](Cc4cncn4C)NC(=O)OC(C)(C)C)(C3)C1)C2)C1CCCCC1. The van der Waals surface area contributed by atoms with E-state index in [9.17, 15) is 24.0 Å². The first-order chi connectivity index (χ1) is 25.7. The Morgan fingerprint density at radius 1 is 0.889 bits per heavy atom. The Hall–Kier alpha value is -4.42. The van der Waals surface area contributed by atoms with Crippen molar-refractivity contribution in [2.75, 3.05) is 7.11 Å². The van der Waals surface area contributed by atoms with Crippen LogP contribution in [0.4, 0.5) is 4.79 Å². The molecule has 54 heavy (non-hydrogen) atoms. The van der Waals surface area contributed by atoms with Gasteiger partial charge in [0.2, 0.25) is 17.7 Å². The summed E-state index contributed by atoms with van der Waals surface area (Å²) >= 11 is 0. The first-order valence-electron chi connectivity index (χ1n) is 19.7. The molecule has 1 aromatic heterocycles. The van der Waals surface area contributed by atoms with Gasteiger partial charge in [-0.1, -0.05) is 49.6 Å². The molecule has 0 aliphatic heterocycles. The molecule has 4 amide bonds. The molecule has 4 bridgehead atoms. The van der Waals surface area contributed by atoms with Gasteiger partial charge in [-0.3, -0.25) is 14.4 Å². The van der Waals surface area contributed by atoms with Crippen molar-refractivity contribution in [3.63, 3.8) is 0 Å². The first kappa shape index (κ1) is 39.3. The van der Waals surface area contributed by atoms with Crippen LogP contribution in [-0.2, 0) is 48.5 Å². The molecule has 13 heteroatoms. The number of hydrogen-bond donors (Lipinski definition) is 4. The summed E-state index contributed by atoms with van der Waals surface area (Å²) < 4.78 is 12.4. The lowest BCUT2D eigenvalue weighted by Gasteiger charge is -2.61. The highest BCUT2D eigenvalue weighted by atomic mass is 16.6. The lowest BCUT2D eigenvalue weighted by Crippen LogP contribution is -2.68. The van der Waals surface area contributed by atoms with Gasteiger partial charge in [0, 0.05) is 37.3 Å². The van der Waals surface area contributed by atoms with Gasteiger partial charge in [-0.15, -0.1) is 0 Å². The molecule has 5 saturated carbocycles. The second kappa shape index (κ2) is 16.1. The van der Waals surface area contributed by atoms with Crippen molar-refractivity contribution in [1.29, 1.82) is 0 Å². The number of nitrogens with zero attached hydrogens (tertiary/aromatic N) is 2. The van der Waals surface area contributed by atoms with Crippen LogP contribution in [0.5, 0.6) is 0 Å². The van der Waals surface area contributed by atoms with E-state index in [1.807, 2.05) is 41.9 Å². The highest BCUT2D eigenvalue weighted by molar-refractivity contribution is 5.93. The summed E-state index contributed by atoms with van der Waals surface area (Å²) in [6.45, 7) is 5.31. The van der Waals surface area contributed by atoms with E-state index in [1.54, 1.807) is 33.3 Å². The molecular formula is C41H58N6O7. The second-order valence-electron chi connectivity index (χ2n) is 17.5.